The van der Waals surface area contributed by atoms with Crippen LogP contribution in [0.3, 0.4) is 0 Å². The van der Waals surface area contributed by atoms with Gasteiger partial charge in [-0.15, -0.1) is 0 Å². The smallest absolute Gasteiger partial charge is 0.339 e. The zero-order valence-corrected chi connectivity index (χ0v) is 17.3. The fourth-order valence-corrected chi connectivity index (χ4v) is 2.82. The van der Waals surface area contributed by atoms with E-state index >= 15 is 0 Å². The van der Waals surface area contributed by atoms with E-state index in [2.05, 4.69) is 6.92 Å². The lowest BCUT2D eigenvalue weighted by Gasteiger charge is -2.13. The molecule has 152 valence electrons. The molecule has 0 spiro atoms. The average molecular weight is 377 g/mol. The molecule has 0 fully saturated rings. The van der Waals surface area contributed by atoms with Gasteiger partial charge in [-0.25, -0.2) is 9.59 Å². The SMILES string of the molecule is CCCCCCCCCCCOC(=O)c1ccccc1C(=O)OC(C)CC. The number of hydrogen-bond acceptors (Lipinski definition) is 4. The van der Waals surface area contributed by atoms with Crippen molar-refractivity contribution in [3.63, 3.8) is 0 Å². The molecule has 1 atom stereocenters. The first-order valence-electron chi connectivity index (χ1n) is 10.6. The maximum atomic E-state index is 12.3. The van der Waals surface area contributed by atoms with Crippen molar-refractivity contribution in [1.82, 2.24) is 0 Å². The van der Waals surface area contributed by atoms with Crippen molar-refractivity contribution in [1.29, 1.82) is 0 Å². The van der Waals surface area contributed by atoms with Crippen LogP contribution < -0.4 is 0 Å². The highest BCUT2D eigenvalue weighted by Gasteiger charge is 2.20. The molecule has 0 bridgehead atoms. The second-order valence-corrected chi connectivity index (χ2v) is 7.13. The summed E-state index contributed by atoms with van der Waals surface area (Å²) >= 11 is 0. The van der Waals surface area contributed by atoms with Gasteiger partial charge in [0, 0.05) is 0 Å². The molecule has 4 heteroatoms. The van der Waals surface area contributed by atoms with Crippen LogP contribution in [0.4, 0.5) is 0 Å². The van der Waals surface area contributed by atoms with E-state index in [0.29, 0.717) is 6.61 Å². The highest BCUT2D eigenvalue weighted by molar-refractivity contribution is 6.03. The Labute approximate surface area is 164 Å². The van der Waals surface area contributed by atoms with Crippen LogP contribution in [0.25, 0.3) is 0 Å². The molecule has 1 aromatic rings. The van der Waals surface area contributed by atoms with Gasteiger partial charge < -0.3 is 9.47 Å². The van der Waals surface area contributed by atoms with Gasteiger partial charge in [0.15, 0.2) is 0 Å². The minimum absolute atomic E-state index is 0.177. The maximum absolute atomic E-state index is 12.3. The lowest BCUT2D eigenvalue weighted by molar-refractivity contribution is 0.0321. The molecule has 1 unspecified atom stereocenters. The molecule has 0 radical (unpaired) electrons. The summed E-state index contributed by atoms with van der Waals surface area (Å²) in [6, 6.07) is 6.69. The minimum Gasteiger partial charge on any atom is -0.462 e. The van der Waals surface area contributed by atoms with E-state index < -0.39 is 11.9 Å². The second-order valence-electron chi connectivity index (χ2n) is 7.13. The van der Waals surface area contributed by atoms with Crippen molar-refractivity contribution in [3.8, 4) is 0 Å². The number of esters is 2. The molecule has 0 heterocycles. The molecule has 0 saturated carbocycles. The number of unbranched alkanes of at least 4 members (excludes halogenated alkanes) is 8. The molecule has 0 amide bonds. The molecule has 0 aliphatic rings. The van der Waals surface area contributed by atoms with E-state index in [-0.39, 0.29) is 17.2 Å². The summed E-state index contributed by atoms with van der Waals surface area (Å²) in [5.74, 6) is -0.925. The Morgan fingerprint density at radius 1 is 0.815 bits per heavy atom. The van der Waals surface area contributed by atoms with Gasteiger partial charge >= 0.3 is 11.9 Å². The topological polar surface area (TPSA) is 52.6 Å². The molecule has 0 aliphatic heterocycles. The van der Waals surface area contributed by atoms with Gasteiger partial charge in [-0.1, -0.05) is 77.3 Å². The zero-order valence-electron chi connectivity index (χ0n) is 17.3. The Balaban J connectivity index is 2.32. The second kappa shape index (κ2) is 14.2. The largest absolute Gasteiger partial charge is 0.462 e. The lowest BCUT2D eigenvalue weighted by atomic mass is 10.1. The maximum Gasteiger partial charge on any atom is 0.339 e. The van der Waals surface area contributed by atoms with Crippen molar-refractivity contribution in [3.05, 3.63) is 35.4 Å². The fourth-order valence-electron chi connectivity index (χ4n) is 2.82. The number of ether oxygens (including phenoxy) is 2. The molecular weight excluding hydrogens is 340 g/mol. The predicted molar refractivity (Wildman–Crippen MR) is 109 cm³/mol. The molecule has 1 aromatic carbocycles. The quantitative estimate of drug-likeness (QED) is 0.281. The summed E-state index contributed by atoms with van der Waals surface area (Å²) in [7, 11) is 0. The van der Waals surface area contributed by atoms with E-state index in [9.17, 15) is 9.59 Å². The normalized spacial score (nSPS) is 11.8. The summed E-state index contributed by atoms with van der Waals surface area (Å²) in [6.07, 6.45) is 11.5. The van der Waals surface area contributed by atoms with Gasteiger partial charge in [0.1, 0.15) is 0 Å². The van der Waals surface area contributed by atoms with Crippen molar-refractivity contribution < 1.29 is 19.1 Å². The predicted octanol–water partition coefficient (Wildman–Crippen LogP) is 6.33. The monoisotopic (exact) mass is 376 g/mol. The number of rotatable bonds is 14. The summed E-state index contributed by atoms with van der Waals surface area (Å²) < 4.78 is 10.7. The number of carbonyl (C=O) groups is 2. The molecule has 0 aliphatic carbocycles. The third-order valence-corrected chi connectivity index (χ3v) is 4.73. The van der Waals surface area contributed by atoms with Crippen LogP contribution in [0.2, 0.25) is 0 Å². The van der Waals surface area contributed by atoms with Crippen LogP contribution in [0, 0.1) is 0 Å². The molecule has 0 N–H and O–H groups in total. The Bertz CT molecular complexity index is 553. The first-order chi connectivity index (χ1) is 13.1. The van der Waals surface area contributed by atoms with Gasteiger partial charge in [-0.2, -0.15) is 0 Å². The molecular formula is C23H36O4. The Hall–Kier alpha value is -1.84. The summed E-state index contributed by atoms with van der Waals surface area (Å²) in [5, 5.41) is 0. The third kappa shape index (κ3) is 9.60. The van der Waals surface area contributed by atoms with Crippen LogP contribution >= 0.6 is 0 Å². The molecule has 27 heavy (non-hydrogen) atoms. The van der Waals surface area contributed by atoms with Gasteiger partial charge in [-0.05, 0) is 31.9 Å². The first-order valence-corrected chi connectivity index (χ1v) is 10.6. The van der Waals surface area contributed by atoms with Crippen molar-refractivity contribution in [2.45, 2.75) is 91.1 Å². The van der Waals surface area contributed by atoms with E-state index in [4.69, 9.17) is 9.47 Å². The lowest BCUT2D eigenvalue weighted by Crippen LogP contribution is -2.18. The number of carbonyl (C=O) groups excluding carboxylic acids is 2. The van der Waals surface area contributed by atoms with Crippen LogP contribution in [0.1, 0.15) is 106 Å². The van der Waals surface area contributed by atoms with Crippen molar-refractivity contribution >= 4 is 11.9 Å². The first kappa shape index (κ1) is 23.2. The van der Waals surface area contributed by atoms with Gasteiger partial charge in [0.05, 0.1) is 23.8 Å². The van der Waals surface area contributed by atoms with E-state index in [1.165, 1.54) is 44.9 Å². The van der Waals surface area contributed by atoms with Crippen molar-refractivity contribution in [2.75, 3.05) is 6.61 Å². The minimum atomic E-state index is -0.472. The number of hydrogen-bond donors (Lipinski definition) is 0. The fraction of sp³-hybridized carbons (Fsp3) is 0.652. The van der Waals surface area contributed by atoms with Gasteiger partial charge in [0.2, 0.25) is 0 Å². The molecule has 1 rings (SSSR count). The molecule has 0 saturated heterocycles. The average Bonchev–Trinajstić information content (AvgIpc) is 2.69. The summed E-state index contributed by atoms with van der Waals surface area (Å²) in [6.45, 7) is 6.41. The van der Waals surface area contributed by atoms with Gasteiger partial charge in [0.25, 0.3) is 0 Å². The van der Waals surface area contributed by atoms with E-state index in [1.54, 1.807) is 24.3 Å². The standard InChI is InChI=1S/C23H36O4/c1-4-6-7-8-9-10-11-12-15-18-26-22(24)20-16-13-14-17-21(20)23(25)27-19(3)5-2/h13-14,16-17,19H,4-12,15,18H2,1-3H3. The number of benzene rings is 1. The Kier molecular flexibility index (Phi) is 12.2. The Morgan fingerprint density at radius 2 is 1.33 bits per heavy atom. The van der Waals surface area contributed by atoms with Gasteiger partial charge in [-0.3, -0.25) is 0 Å². The summed E-state index contributed by atoms with van der Waals surface area (Å²) in [4.78, 5) is 24.6. The zero-order chi connectivity index (χ0) is 19.9. The van der Waals surface area contributed by atoms with Crippen LogP contribution in [0.5, 0.6) is 0 Å². The van der Waals surface area contributed by atoms with E-state index in [0.717, 1.165) is 19.3 Å². The summed E-state index contributed by atoms with van der Waals surface area (Å²) in [5.41, 5.74) is 0.552. The molecule has 4 nitrogen and oxygen atoms in total. The molecule has 0 aromatic heterocycles. The highest BCUT2D eigenvalue weighted by atomic mass is 16.5. The third-order valence-electron chi connectivity index (χ3n) is 4.73. The highest BCUT2D eigenvalue weighted by Crippen LogP contribution is 2.14. The van der Waals surface area contributed by atoms with Crippen LogP contribution in [-0.4, -0.2) is 24.6 Å². The van der Waals surface area contributed by atoms with Crippen molar-refractivity contribution in [2.24, 2.45) is 0 Å². The van der Waals surface area contributed by atoms with Crippen LogP contribution in [0.15, 0.2) is 24.3 Å². The van der Waals surface area contributed by atoms with E-state index in [1.807, 2.05) is 13.8 Å². The van der Waals surface area contributed by atoms with Crippen LogP contribution in [-0.2, 0) is 9.47 Å². The Morgan fingerprint density at radius 3 is 1.89 bits per heavy atom.